The van der Waals surface area contributed by atoms with E-state index < -0.39 is 10.4 Å². The zero-order chi connectivity index (χ0) is 13.6. The van der Waals surface area contributed by atoms with Crippen LogP contribution in [-0.2, 0) is 10.4 Å². The van der Waals surface area contributed by atoms with E-state index in [2.05, 4.69) is 20.3 Å². The fourth-order valence-corrected chi connectivity index (χ4v) is 1.39. The summed E-state index contributed by atoms with van der Waals surface area (Å²) in [7, 11) is -4.67. The zero-order valence-electron chi connectivity index (χ0n) is 12.1. The van der Waals surface area contributed by atoms with E-state index in [-0.39, 0.29) is 29.6 Å². The van der Waals surface area contributed by atoms with Crippen molar-refractivity contribution < 1.29 is 47.1 Å². The van der Waals surface area contributed by atoms with Crippen molar-refractivity contribution in [2.75, 3.05) is 0 Å². The predicted molar refractivity (Wildman–Crippen MR) is 71.4 cm³/mol. The fraction of sp³-hybridized carbons (Fsp3) is 0.917. The van der Waals surface area contributed by atoms with Crippen LogP contribution in [0.5, 0.6) is 0 Å². The van der Waals surface area contributed by atoms with Gasteiger partial charge in [0.15, 0.2) is 0 Å². The first-order valence-corrected chi connectivity index (χ1v) is 7.83. The van der Waals surface area contributed by atoms with Gasteiger partial charge in [0, 0.05) is 0 Å². The molecule has 0 fully saturated rings. The molecule has 0 aromatic rings. The Kier molecular flexibility index (Phi) is 23.8. The molecule has 0 unspecified atom stereocenters. The normalized spacial score (nSPS) is 10.2. The minimum absolute atomic E-state index is 0. The Morgan fingerprint density at radius 1 is 0.833 bits per heavy atom. The van der Waals surface area contributed by atoms with Crippen molar-refractivity contribution >= 4 is 10.4 Å². The zero-order valence-corrected chi connectivity index (χ0v) is 14.9. The van der Waals surface area contributed by atoms with Gasteiger partial charge in [-0.3, -0.25) is 9.11 Å². The first-order valence-electron chi connectivity index (χ1n) is 6.43. The van der Waals surface area contributed by atoms with Gasteiger partial charge in [-0.25, -0.2) is 0 Å². The van der Waals surface area contributed by atoms with Gasteiger partial charge >= 0.3 is 40.0 Å². The van der Waals surface area contributed by atoms with Gasteiger partial charge in [-0.15, -0.1) is 0 Å². The summed E-state index contributed by atoms with van der Waals surface area (Å²) in [5.74, 6) is 0. The second-order valence-corrected chi connectivity index (χ2v) is 4.98. The molecule has 0 saturated heterocycles. The second kappa shape index (κ2) is 17.9. The van der Waals surface area contributed by atoms with Crippen LogP contribution in [0, 0.1) is 6.42 Å². The molecule has 0 radical (unpaired) electrons. The van der Waals surface area contributed by atoms with Gasteiger partial charge in [0.2, 0.25) is 0 Å². The van der Waals surface area contributed by atoms with Crippen LogP contribution in [0.1, 0.15) is 71.6 Å². The summed E-state index contributed by atoms with van der Waals surface area (Å²) in [4.78, 5) is 0. The molecule has 106 valence electrons. The molecule has 0 heterocycles. The van der Waals surface area contributed by atoms with Gasteiger partial charge in [0.25, 0.3) is 0 Å². The molecule has 0 amide bonds. The third kappa shape index (κ3) is 43.6. The Labute approximate surface area is 135 Å². The van der Waals surface area contributed by atoms with Crippen LogP contribution >= 0.6 is 0 Å². The van der Waals surface area contributed by atoms with E-state index in [0.29, 0.717) is 0 Å². The van der Waals surface area contributed by atoms with E-state index in [4.69, 9.17) is 17.5 Å². The summed E-state index contributed by atoms with van der Waals surface area (Å²) in [5.41, 5.74) is 0. The van der Waals surface area contributed by atoms with Crippen molar-refractivity contribution in [3.8, 4) is 0 Å². The quantitative estimate of drug-likeness (QED) is 0.288. The van der Waals surface area contributed by atoms with Crippen LogP contribution < -0.4 is 29.6 Å². The molecule has 0 aliphatic carbocycles. The molecule has 2 N–H and O–H groups in total. The molecule has 4 nitrogen and oxygen atoms in total. The average molecular weight is 290 g/mol. The van der Waals surface area contributed by atoms with Crippen LogP contribution in [0.3, 0.4) is 0 Å². The molecule has 0 saturated carbocycles. The number of rotatable bonds is 9. The first kappa shape index (κ1) is 23.9. The van der Waals surface area contributed by atoms with Gasteiger partial charge in [-0.05, 0) is 0 Å². The van der Waals surface area contributed by atoms with Crippen LogP contribution in [0.15, 0.2) is 0 Å². The van der Waals surface area contributed by atoms with Crippen LogP contribution in [0.25, 0.3) is 0 Å². The first-order chi connectivity index (χ1) is 7.91. The minimum atomic E-state index is -4.67. The van der Waals surface area contributed by atoms with Crippen LogP contribution in [0.2, 0.25) is 0 Å². The molecular weight excluding hydrogens is 263 g/mol. The molecule has 0 atom stereocenters. The summed E-state index contributed by atoms with van der Waals surface area (Å²) in [6.45, 7) is 4.53. The maximum absolute atomic E-state index is 8.74. The van der Waals surface area contributed by atoms with Gasteiger partial charge < -0.3 is 6.42 Å². The van der Waals surface area contributed by atoms with Crippen LogP contribution in [-0.4, -0.2) is 17.5 Å². The van der Waals surface area contributed by atoms with E-state index in [9.17, 15) is 0 Å². The molecule has 0 aromatic carbocycles. The van der Waals surface area contributed by atoms with Crippen molar-refractivity contribution in [2.45, 2.75) is 71.6 Å². The number of hydrogen-bond acceptors (Lipinski definition) is 2. The molecule has 18 heavy (non-hydrogen) atoms. The number of unbranched alkanes of at least 4 members (excludes halogenated alkanes) is 9. The molecule has 0 spiro atoms. The Hall–Kier alpha value is 0.870. The van der Waals surface area contributed by atoms with Crippen molar-refractivity contribution in [2.24, 2.45) is 0 Å². The standard InChI is InChI=1S/C12H25.Na.H2O4S/c1-3-5-7-9-11-12-10-8-6-4-2;;1-5(2,3)4/h9H,3-8,10-12H2,1-2H3;;(H2,1,2,3,4)/q-1;+1;. The second-order valence-electron chi connectivity index (χ2n) is 4.08. The Balaban J connectivity index is -0.000000321. The van der Waals surface area contributed by atoms with E-state index in [1.165, 1.54) is 57.8 Å². The number of hydrogen-bond donors (Lipinski definition) is 2. The van der Waals surface area contributed by atoms with Crippen LogP contribution in [0.4, 0.5) is 0 Å². The Morgan fingerprint density at radius 2 is 1.22 bits per heavy atom. The summed E-state index contributed by atoms with van der Waals surface area (Å²) in [6.07, 6.45) is 15.0. The molecule has 0 aromatic heterocycles. The molecule has 0 aliphatic rings. The largest absolute Gasteiger partial charge is 1.00 e. The average Bonchev–Trinajstić information content (AvgIpc) is 2.20. The topological polar surface area (TPSA) is 74.6 Å². The third-order valence-electron chi connectivity index (χ3n) is 2.27. The Bertz CT molecular complexity index is 212. The summed E-state index contributed by atoms with van der Waals surface area (Å²) in [5, 5.41) is 0. The smallest absolute Gasteiger partial charge is 0.328 e. The van der Waals surface area contributed by atoms with Gasteiger partial charge in [0.05, 0.1) is 0 Å². The Morgan fingerprint density at radius 3 is 1.67 bits per heavy atom. The van der Waals surface area contributed by atoms with Crippen molar-refractivity contribution in [3.05, 3.63) is 6.42 Å². The maximum Gasteiger partial charge on any atom is 1.00 e. The predicted octanol–water partition coefficient (Wildman–Crippen LogP) is 1.09. The molecule has 0 bridgehead atoms. The van der Waals surface area contributed by atoms with Gasteiger partial charge in [0.1, 0.15) is 0 Å². The molecule has 0 rings (SSSR count). The van der Waals surface area contributed by atoms with Crippen molar-refractivity contribution in [1.82, 2.24) is 0 Å². The van der Waals surface area contributed by atoms with Crippen molar-refractivity contribution in [3.63, 3.8) is 0 Å². The fourth-order valence-electron chi connectivity index (χ4n) is 1.39. The van der Waals surface area contributed by atoms with E-state index in [1.54, 1.807) is 0 Å². The summed E-state index contributed by atoms with van der Waals surface area (Å²) < 4.78 is 31.6. The van der Waals surface area contributed by atoms with E-state index in [0.717, 1.165) is 0 Å². The van der Waals surface area contributed by atoms with E-state index in [1.807, 2.05) is 0 Å². The van der Waals surface area contributed by atoms with Gasteiger partial charge in [-0.1, -0.05) is 58.8 Å². The monoisotopic (exact) mass is 290 g/mol. The molecule has 0 aliphatic heterocycles. The molecular formula is C12H27NaO4S. The molecule has 6 heteroatoms. The summed E-state index contributed by atoms with van der Waals surface area (Å²) >= 11 is 0. The van der Waals surface area contributed by atoms with Gasteiger partial charge in [-0.2, -0.15) is 21.3 Å². The minimum Gasteiger partial charge on any atom is -0.328 e. The third-order valence-corrected chi connectivity index (χ3v) is 2.27. The van der Waals surface area contributed by atoms with E-state index >= 15 is 0 Å². The maximum atomic E-state index is 8.74. The SMILES string of the molecule is CCCC[CH-]CCCCCCC.O=S(=O)(O)O.[Na+]. The summed E-state index contributed by atoms with van der Waals surface area (Å²) in [6, 6.07) is 0. The van der Waals surface area contributed by atoms with Crippen molar-refractivity contribution in [1.29, 1.82) is 0 Å².